The van der Waals surface area contributed by atoms with Crippen LogP contribution < -0.4 is 5.32 Å². The third-order valence-electron chi connectivity index (χ3n) is 2.55. The summed E-state index contributed by atoms with van der Waals surface area (Å²) in [4.78, 5) is 16.1. The van der Waals surface area contributed by atoms with Gasteiger partial charge < -0.3 is 4.74 Å². The number of halogens is 1. The highest BCUT2D eigenvalue weighted by Gasteiger charge is 2.31. The highest BCUT2D eigenvalue weighted by Crippen LogP contribution is 2.24. The van der Waals surface area contributed by atoms with Gasteiger partial charge in [0.15, 0.2) is 0 Å². The van der Waals surface area contributed by atoms with Gasteiger partial charge in [0.1, 0.15) is 6.04 Å². The summed E-state index contributed by atoms with van der Waals surface area (Å²) in [7, 11) is 0. The lowest BCUT2D eigenvalue weighted by molar-refractivity contribution is -0.146. The number of hydrogen-bond donors (Lipinski definition) is 1. The van der Waals surface area contributed by atoms with Crippen LogP contribution in [0.2, 0.25) is 0 Å². The molecule has 17 heavy (non-hydrogen) atoms. The van der Waals surface area contributed by atoms with Gasteiger partial charge in [-0.05, 0) is 47.8 Å². The van der Waals surface area contributed by atoms with Crippen LogP contribution in [0.4, 0.5) is 0 Å². The molecular formula is C12H15BrN2O2. The van der Waals surface area contributed by atoms with Crippen LogP contribution in [0.1, 0.15) is 31.5 Å². The van der Waals surface area contributed by atoms with Crippen molar-refractivity contribution < 1.29 is 9.53 Å². The quantitative estimate of drug-likeness (QED) is 0.847. The number of nitrogens with zero attached hydrogens (tertiary/aromatic N) is 1. The highest BCUT2D eigenvalue weighted by molar-refractivity contribution is 9.10. The minimum absolute atomic E-state index is 0.255. The van der Waals surface area contributed by atoms with E-state index in [0.29, 0.717) is 18.3 Å². The minimum atomic E-state index is -0.449. The van der Waals surface area contributed by atoms with E-state index in [4.69, 9.17) is 4.74 Å². The Bertz CT molecular complexity index is 390. The van der Waals surface area contributed by atoms with Crippen molar-refractivity contribution in [1.82, 2.24) is 10.3 Å². The van der Waals surface area contributed by atoms with Crippen molar-refractivity contribution in [2.75, 3.05) is 6.61 Å². The van der Waals surface area contributed by atoms with Crippen LogP contribution in [-0.4, -0.2) is 23.6 Å². The standard InChI is InChI=1S/C12H15BrN2O2/c1-2-17-12(16)11(15-9-4-5-9)10-6-3-8(13)7-14-10/h3,6-7,9,11,15H,2,4-5H2,1H3. The van der Waals surface area contributed by atoms with Crippen molar-refractivity contribution in [1.29, 1.82) is 0 Å². The minimum Gasteiger partial charge on any atom is -0.465 e. The molecule has 1 saturated carbocycles. The van der Waals surface area contributed by atoms with E-state index < -0.39 is 6.04 Å². The van der Waals surface area contributed by atoms with Crippen LogP contribution in [0.3, 0.4) is 0 Å². The zero-order valence-electron chi connectivity index (χ0n) is 9.65. The Balaban J connectivity index is 2.12. The molecule has 1 aliphatic carbocycles. The van der Waals surface area contributed by atoms with E-state index in [2.05, 4.69) is 26.2 Å². The summed E-state index contributed by atoms with van der Waals surface area (Å²) in [6.45, 7) is 2.19. The Morgan fingerprint density at radius 1 is 1.65 bits per heavy atom. The van der Waals surface area contributed by atoms with Crippen molar-refractivity contribution in [3.05, 3.63) is 28.5 Å². The van der Waals surface area contributed by atoms with E-state index in [0.717, 1.165) is 17.3 Å². The summed E-state index contributed by atoms with van der Waals surface area (Å²) in [5.41, 5.74) is 0.707. The van der Waals surface area contributed by atoms with Gasteiger partial charge in [0, 0.05) is 16.7 Å². The van der Waals surface area contributed by atoms with Crippen LogP contribution >= 0.6 is 15.9 Å². The first-order chi connectivity index (χ1) is 8.20. The zero-order valence-corrected chi connectivity index (χ0v) is 11.2. The Kier molecular flexibility index (Phi) is 4.12. The number of rotatable bonds is 5. The molecule has 1 aliphatic rings. The first-order valence-electron chi connectivity index (χ1n) is 5.75. The maximum absolute atomic E-state index is 11.9. The molecule has 1 atom stereocenters. The van der Waals surface area contributed by atoms with E-state index in [-0.39, 0.29) is 5.97 Å². The van der Waals surface area contributed by atoms with E-state index in [1.54, 1.807) is 13.1 Å². The third kappa shape index (κ3) is 3.51. The lowest BCUT2D eigenvalue weighted by atomic mass is 10.2. The lowest BCUT2D eigenvalue weighted by Crippen LogP contribution is -2.32. The number of aromatic nitrogens is 1. The molecule has 1 aromatic rings. The number of ether oxygens (including phenoxy) is 1. The molecule has 4 nitrogen and oxygen atoms in total. The van der Waals surface area contributed by atoms with Gasteiger partial charge in [-0.25, -0.2) is 4.79 Å². The third-order valence-corrected chi connectivity index (χ3v) is 3.02. The summed E-state index contributed by atoms with van der Waals surface area (Å²) in [6, 6.07) is 3.69. The SMILES string of the molecule is CCOC(=O)C(NC1CC1)c1ccc(Br)cn1. The fourth-order valence-corrected chi connectivity index (χ4v) is 1.78. The molecule has 1 aromatic heterocycles. The van der Waals surface area contributed by atoms with Gasteiger partial charge in [0.25, 0.3) is 0 Å². The predicted octanol–water partition coefficient (Wildman–Crippen LogP) is 2.20. The number of esters is 1. The Morgan fingerprint density at radius 3 is 2.94 bits per heavy atom. The van der Waals surface area contributed by atoms with Gasteiger partial charge in [0.05, 0.1) is 12.3 Å². The van der Waals surface area contributed by atoms with Gasteiger partial charge in [-0.3, -0.25) is 10.3 Å². The van der Waals surface area contributed by atoms with Crippen LogP contribution in [-0.2, 0) is 9.53 Å². The van der Waals surface area contributed by atoms with E-state index >= 15 is 0 Å². The summed E-state index contributed by atoms with van der Waals surface area (Å²) in [5.74, 6) is -0.255. The average Bonchev–Trinajstić information content (AvgIpc) is 3.11. The molecule has 1 unspecified atom stereocenters. The molecule has 0 bridgehead atoms. The van der Waals surface area contributed by atoms with Crippen molar-refractivity contribution in [3.63, 3.8) is 0 Å². The largest absolute Gasteiger partial charge is 0.465 e. The summed E-state index contributed by atoms with van der Waals surface area (Å²) in [6.07, 6.45) is 3.93. The van der Waals surface area contributed by atoms with Crippen LogP contribution in [0, 0.1) is 0 Å². The van der Waals surface area contributed by atoms with Crippen molar-refractivity contribution >= 4 is 21.9 Å². The molecule has 5 heteroatoms. The topological polar surface area (TPSA) is 51.2 Å². The molecule has 1 fully saturated rings. The molecule has 0 radical (unpaired) electrons. The van der Waals surface area contributed by atoms with Crippen LogP contribution in [0.25, 0.3) is 0 Å². The van der Waals surface area contributed by atoms with Crippen molar-refractivity contribution in [2.45, 2.75) is 31.8 Å². The first-order valence-corrected chi connectivity index (χ1v) is 6.54. The summed E-state index contributed by atoms with van der Waals surface area (Å²) < 4.78 is 5.96. The number of carbonyl (C=O) groups excluding carboxylic acids is 1. The van der Waals surface area contributed by atoms with Gasteiger partial charge in [-0.15, -0.1) is 0 Å². The van der Waals surface area contributed by atoms with Crippen molar-refractivity contribution in [2.24, 2.45) is 0 Å². The monoisotopic (exact) mass is 298 g/mol. The highest BCUT2D eigenvalue weighted by atomic mass is 79.9. The molecule has 2 rings (SSSR count). The Hall–Kier alpha value is -0.940. The van der Waals surface area contributed by atoms with E-state index in [9.17, 15) is 4.79 Å². The zero-order chi connectivity index (χ0) is 12.3. The summed E-state index contributed by atoms with van der Waals surface area (Å²) in [5, 5.41) is 3.26. The molecular weight excluding hydrogens is 284 g/mol. The van der Waals surface area contributed by atoms with Crippen LogP contribution in [0.5, 0.6) is 0 Å². The van der Waals surface area contributed by atoms with Gasteiger partial charge in [-0.2, -0.15) is 0 Å². The maximum atomic E-state index is 11.9. The normalized spacial score (nSPS) is 16.6. The average molecular weight is 299 g/mol. The Morgan fingerprint density at radius 2 is 2.41 bits per heavy atom. The first kappa shape index (κ1) is 12.5. The van der Waals surface area contributed by atoms with E-state index in [1.807, 2.05) is 12.1 Å². The lowest BCUT2D eigenvalue weighted by Gasteiger charge is -2.16. The number of pyridine rings is 1. The number of carbonyl (C=O) groups is 1. The maximum Gasteiger partial charge on any atom is 0.329 e. The molecule has 0 aliphatic heterocycles. The fourth-order valence-electron chi connectivity index (χ4n) is 1.54. The second-order valence-corrected chi connectivity index (χ2v) is 4.94. The van der Waals surface area contributed by atoms with Crippen LogP contribution in [0.15, 0.2) is 22.8 Å². The smallest absolute Gasteiger partial charge is 0.329 e. The molecule has 0 amide bonds. The second-order valence-electron chi connectivity index (χ2n) is 4.03. The molecule has 0 spiro atoms. The molecule has 0 aromatic carbocycles. The van der Waals surface area contributed by atoms with E-state index in [1.165, 1.54) is 0 Å². The second kappa shape index (κ2) is 5.60. The van der Waals surface area contributed by atoms with Gasteiger partial charge in [0.2, 0.25) is 0 Å². The molecule has 92 valence electrons. The Labute approximate surface area is 109 Å². The van der Waals surface area contributed by atoms with Crippen molar-refractivity contribution in [3.8, 4) is 0 Å². The molecule has 1 heterocycles. The predicted molar refractivity (Wildman–Crippen MR) is 67.5 cm³/mol. The number of hydrogen-bond acceptors (Lipinski definition) is 4. The molecule has 0 saturated heterocycles. The fraction of sp³-hybridized carbons (Fsp3) is 0.500. The van der Waals surface area contributed by atoms with Gasteiger partial charge >= 0.3 is 5.97 Å². The molecule has 1 N–H and O–H groups in total. The summed E-state index contributed by atoms with van der Waals surface area (Å²) >= 11 is 3.33. The van der Waals surface area contributed by atoms with Gasteiger partial charge in [-0.1, -0.05) is 0 Å². The number of nitrogens with one attached hydrogen (secondary N) is 1.